The van der Waals surface area contributed by atoms with Gasteiger partial charge in [0.15, 0.2) is 0 Å². The molecule has 0 atom stereocenters. The lowest BCUT2D eigenvalue weighted by molar-refractivity contribution is -0.380. The van der Waals surface area contributed by atoms with E-state index in [9.17, 15) is 14.9 Å². The van der Waals surface area contributed by atoms with Crippen LogP contribution in [-0.2, 0) is 22.6 Å². The molecule has 0 spiro atoms. The van der Waals surface area contributed by atoms with Gasteiger partial charge in [-0.2, -0.15) is 0 Å². The van der Waals surface area contributed by atoms with E-state index in [1.165, 1.54) is 6.07 Å². The van der Waals surface area contributed by atoms with Crippen LogP contribution in [0.15, 0.2) is 36.4 Å². The third-order valence-corrected chi connectivity index (χ3v) is 4.57. The average molecular weight is 397 g/mol. The first-order valence-electron chi connectivity index (χ1n) is 8.04. The van der Waals surface area contributed by atoms with Crippen molar-refractivity contribution in [3.8, 4) is 0 Å². The molecule has 6 nitrogen and oxygen atoms in total. The fourth-order valence-corrected chi connectivity index (χ4v) is 3.33. The second-order valence-electron chi connectivity index (χ2n) is 6.86. The van der Waals surface area contributed by atoms with Crippen molar-refractivity contribution in [2.45, 2.75) is 39.5 Å². The molecule has 140 valence electrons. The molecular weight excluding hydrogens is 376 g/mol. The summed E-state index contributed by atoms with van der Waals surface area (Å²) in [4.78, 5) is 25.4. The minimum Gasteiger partial charge on any atom is -0.459 e. The van der Waals surface area contributed by atoms with Crippen molar-refractivity contribution in [2.24, 2.45) is 0 Å². The lowest BCUT2D eigenvalue weighted by Crippen LogP contribution is -2.34. The van der Waals surface area contributed by atoms with Gasteiger partial charge in [-0.05, 0) is 44.5 Å². The lowest BCUT2D eigenvalue weighted by Gasteiger charge is -2.24. The van der Waals surface area contributed by atoms with E-state index >= 15 is 0 Å². The van der Waals surface area contributed by atoms with Gasteiger partial charge < -0.3 is 4.74 Å². The number of carbonyl (C=O) groups is 1. The molecule has 0 bridgehead atoms. The van der Waals surface area contributed by atoms with E-state index in [0.717, 1.165) is 21.8 Å². The van der Waals surface area contributed by atoms with Crippen LogP contribution in [0.2, 0.25) is 5.02 Å². The molecule has 0 amide bonds. The molecule has 0 fully saturated rings. The lowest BCUT2D eigenvalue weighted by atomic mass is 10.2. The Balaban J connectivity index is 2.12. The third-order valence-electron chi connectivity index (χ3n) is 3.30. The Hall–Kier alpha value is -1.96. The zero-order valence-corrected chi connectivity index (χ0v) is 16.5. The fourth-order valence-electron chi connectivity index (χ4n) is 2.34. The Morgan fingerprint density at radius 1 is 1.19 bits per heavy atom. The number of benzene rings is 1. The number of esters is 1. The van der Waals surface area contributed by atoms with Crippen molar-refractivity contribution >= 4 is 33.9 Å². The van der Waals surface area contributed by atoms with Crippen molar-refractivity contribution in [3.63, 3.8) is 0 Å². The third kappa shape index (κ3) is 6.74. The summed E-state index contributed by atoms with van der Waals surface area (Å²) >= 11 is 7.03. The van der Waals surface area contributed by atoms with Gasteiger partial charge in [0.05, 0.1) is 11.5 Å². The zero-order chi connectivity index (χ0) is 19.3. The van der Waals surface area contributed by atoms with Gasteiger partial charge in [0.25, 0.3) is 0 Å². The number of nitrogens with zero attached hydrogens (tertiary/aromatic N) is 2. The first-order valence-corrected chi connectivity index (χ1v) is 9.23. The minimum atomic E-state index is -0.565. The molecule has 1 aromatic carbocycles. The standard InChI is InChI=1S/C18H21ClN2O4S/c1-18(2,3)25-17(22)12-20(10-13-4-6-14(19)7-5-13)11-15-8-9-16(26-15)21(23)24/h4-9H,10-12H2,1-3H3. The van der Waals surface area contributed by atoms with Gasteiger partial charge in [-0.25, -0.2) is 0 Å². The van der Waals surface area contributed by atoms with Crippen molar-refractivity contribution in [1.82, 2.24) is 4.90 Å². The quantitative estimate of drug-likeness (QED) is 0.387. The number of ether oxygens (including phenoxy) is 1. The molecule has 2 rings (SSSR count). The van der Waals surface area contributed by atoms with Gasteiger partial charge >= 0.3 is 11.0 Å². The summed E-state index contributed by atoms with van der Waals surface area (Å²) in [7, 11) is 0. The largest absolute Gasteiger partial charge is 0.459 e. The van der Waals surface area contributed by atoms with Crippen LogP contribution in [0.3, 0.4) is 0 Å². The van der Waals surface area contributed by atoms with E-state index in [1.807, 2.05) is 37.8 Å². The van der Waals surface area contributed by atoms with Gasteiger partial charge in [-0.3, -0.25) is 19.8 Å². The second kappa shape index (κ2) is 8.62. The molecule has 0 aliphatic rings. The maximum atomic E-state index is 12.2. The van der Waals surface area contributed by atoms with E-state index in [4.69, 9.17) is 16.3 Å². The maximum absolute atomic E-state index is 12.2. The molecule has 0 aliphatic carbocycles. The van der Waals surface area contributed by atoms with Crippen LogP contribution in [-0.4, -0.2) is 27.9 Å². The van der Waals surface area contributed by atoms with E-state index in [0.29, 0.717) is 18.1 Å². The maximum Gasteiger partial charge on any atom is 0.324 e. The van der Waals surface area contributed by atoms with Crippen molar-refractivity contribution in [2.75, 3.05) is 6.54 Å². The minimum absolute atomic E-state index is 0.0868. The highest BCUT2D eigenvalue weighted by Crippen LogP contribution is 2.25. The van der Waals surface area contributed by atoms with E-state index in [2.05, 4.69) is 0 Å². The topological polar surface area (TPSA) is 72.7 Å². The molecule has 26 heavy (non-hydrogen) atoms. The highest BCUT2D eigenvalue weighted by Gasteiger charge is 2.20. The van der Waals surface area contributed by atoms with Gasteiger partial charge in [-0.1, -0.05) is 35.1 Å². The Kier molecular flexibility index (Phi) is 6.75. The number of hydrogen-bond donors (Lipinski definition) is 0. The van der Waals surface area contributed by atoms with Crippen LogP contribution in [0.4, 0.5) is 5.00 Å². The smallest absolute Gasteiger partial charge is 0.324 e. The SMILES string of the molecule is CC(C)(C)OC(=O)CN(Cc1ccc(Cl)cc1)Cc1ccc([N+](=O)[O-])s1. The molecule has 0 unspecified atom stereocenters. The summed E-state index contributed by atoms with van der Waals surface area (Å²) in [6.45, 7) is 6.46. The summed E-state index contributed by atoms with van der Waals surface area (Å²) < 4.78 is 5.40. The van der Waals surface area contributed by atoms with Gasteiger partial charge in [0.1, 0.15) is 5.60 Å². The number of halogens is 1. The molecule has 1 heterocycles. The monoisotopic (exact) mass is 396 g/mol. The Labute approximate surface area is 161 Å². The number of thiophene rings is 1. The van der Waals surface area contributed by atoms with Crippen LogP contribution in [0, 0.1) is 10.1 Å². The summed E-state index contributed by atoms with van der Waals surface area (Å²) in [5.74, 6) is -0.336. The molecule has 1 aromatic heterocycles. The summed E-state index contributed by atoms with van der Waals surface area (Å²) in [5, 5.41) is 11.6. The fraction of sp³-hybridized carbons (Fsp3) is 0.389. The summed E-state index contributed by atoms with van der Waals surface area (Å²) in [6.07, 6.45) is 0. The van der Waals surface area contributed by atoms with E-state index in [-0.39, 0.29) is 17.5 Å². The molecule has 8 heteroatoms. The molecule has 0 radical (unpaired) electrons. The van der Waals surface area contributed by atoms with Crippen LogP contribution in [0.5, 0.6) is 0 Å². The molecule has 0 saturated heterocycles. The molecule has 0 N–H and O–H groups in total. The molecular formula is C18H21ClN2O4S. The van der Waals surface area contributed by atoms with Crippen LogP contribution in [0.1, 0.15) is 31.2 Å². The number of nitro groups is 1. The summed E-state index contributed by atoms with van der Waals surface area (Å²) in [6, 6.07) is 10.6. The van der Waals surface area contributed by atoms with Gasteiger partial charge in [0.2, 0.25) is 0 Å². The Bertz CT molecular complexity index is 768. The predicted molar refractivity (Wildman–Crippen MR) is 102 cm³/mol. The Morgan fingerprint density at radius 3 is 2.38 bits per heavy atom. The molecule has 0 aliphatic heterocycles. The van der Waals surface area contributed by atoms with Crippen LogP contribution >= 0.6 is 22.9 Å². The second-order valence-corrected chi connectivity index (χ2v) is 8.44. The van der Waals surface area contributed by atoms with Gasteiger partial charge in [-0.15, -0.1) is 0 Å². The normalized spacial score (nSPS) is 11.6. The van der Waals surface area contributed by atoms with Crippen molar-refractivity contribution in [1.29, 1.82) is 0 Å². The zero-order valence-electron chi connectivity index (χ0n) is 14.9. The van der Waals surface area contributed by atoms with E-state index in [1.54, 1.807) is 18.2 Å². The van der Waals surface area contributed by atoms with Crippen molar-refractivity contribution < 1.29 is 14.5 Å². The predicted octanol–water partition coefficient (Wildman–Crippen LogP) is 4.65. The molecule has 0 saturated carbocycles. The Morgan fingerprint density at radius 2 is 1.85 bits per heavy atom. The van der Waals surface area contributed by atoms with Crippen LogP contribution in [0.25, 0.3) is 0 Å². The number of carbonyl (C=O) groups excluding carboxylic acids is 1. The summed E-state index contributed by atoms with van der Waals surface area (Å²) in [5.41, 5.74) is 0.425. The number of rotatable bonds is 7. The van der Waals surface area contributed by atoms with Gasteiger partial charge in [0, 0.05) is 29.1 Å². The molecule has 2 aromatic rings. The first kappa shape index (κ1) is 20.4. The van der Waals surface area contributed by atoms with E-state index < -0.39 is 10.5 Å². The first-order chi connectivity index (χ1) is 12.1. The van der Waals surface area contributed by atoms with Crippen LogP contribution < -0.4 is 0 Å². The average Bonchev–Trinajstić information content (AvgIpc) is 2.96. The highest BCUT2D eigenvalue weighted by atomic mass is 35.5. The van der Waals surface area contributed by atoms with Crippen molar-refractivity contribution in [3.05, 3.63) is 62.0 Å². The number of hydrogen-bond acceptors (Lipinski definition) is 6. The highest BCUT2D eigenvalue weighted by molar-refractivity contribution is 7.15.